The zero-order chi connectivity index (χ0) is 22.1. The molecule has 3 aliphatic carbocycles. The van der Waals surface area contributed by atoms with Gasteiger partial charge in [0, 0.05) is 42.5 Å². The maximum absolute atomic E-state index is 6.52. The Kier molecular flexibility index (Phi) is 6.67. The lowest BCUT2D eigenvalue weighted by Crippen LogP contribution is -2.45. The topological polar surface area (TPSA) is 93.7 Å². The number of nitrogens with zero attached hydrogens (tertiary/aromatic N) is 4. The van der Waals surface area contributed by atoms with Gasteiger partial charge in [0.05, 0.1) is 23.1 Å². The summed E-state index contributed by atoms with van der Waals surface area (Å²) in [6.45, 7) is 0. The third kappa shape index (κ3) is 5.26. The van der Waals surface area contributed by atoms with Crippen LogP contribution in [0.1, 0.15) is 69.9 Å². The Hall–Kier alpha value is -1.70. The van der Waals surface area contributed by atoms with Gasteiger partial charge in [0.1, 0.15) is 0 Å². The molecule has 3 saturated carbocycles. The first-order valence-corrected chi connectivity index (χ1v) is 12.7. The summed E-state index contributed by atoms with van der Waals surface area (Å²) in [5, 5.41) is 12.5. The lowest BCUT2D eigenvalue weighted by molar-refractivity contribution is 0.272. The lowest BCUT2D eigenvalue weighted by Gasteiger charge is -2.35. The summed E-state index contributed by atoms with van der Waals surface area (Å²) >= 11 is 6.52. The molecule has 0 atom stereocenters. The normalized spacial score (nSPS) is 28.6. The van der Waals surface area contributed by atoms with Crippen molar-refractivity contribution in [1.29, 1.82) is 0 Å². The second-order valence-electron chi connectivity index (χ2n) is 10.1. The second-order valence-corrected chi connectivity index (χ2v) is 10.5. The number of rotatable bonds is 7. The van der Waals surface area contributed by atoms with E-state index in [4.69, 9.17) is 22.3 Å². The van der Waals surface area contributed by atoms with Gasteiger partial charge < -0.3 is 16.4 Å². The molecule has 174 valence electrons. The number of anilines is 1. The van der Waals surface area contributed by atoms with Gasteiger partial charge in [0.2, 0.25) is 5.95 Å². The van der Waals surface area contributed by atoms with Crippen LogP contribution in [0.5, 0.6) is 0 Å². The number of nitrogens with two attached hydrogens (primary N) is 1. The van der Waals surface area contributed by atoms with Crippen molar-refractivity contribution in [3.63, 3.8) is 0 Å². The van der Waals surface area contributed by atoms with Crippen molar-refractivity contribution < 1.29 is 0 Å². The van der Waals surface area contributed by atoms with Gasteiger partial charge in [0.15, 0.2) is 0 Å². The molecule has 7 nitrogen and oxygen atoms in total. The number of nitrogens with one attached hydrogen (secondary N) is 2. The molecule has 0 saturated heterocycles. The van der Waals surface area contributed by atoms with Gasteiger partial charge in [-0.25, -0.2) is 9.97 Å². The smallest absolute Gasteiger partial charge is 0.223 e. The van der Waals surface area contributed by atoms with E-state index in [0.717, 1.165) is 49.3 Å². The summed E-state index contributed by atoms with van der Waals surface area (Å²) in [7, 11) is 2.00. The van der Waals surface area contributed by atoms with E-state index in [-0.39, 0.29) is 0 Å². The van der Waals surface area contributed by atoms with Crippen molar-refractivity contribution in [1.82, 2.24) is 25.1 Å². The van der Waals surface area contributed by atoms with Crippen molar-refractivity contribution in [2.75, 3.05) is 5.32 Å². The minimum Gasteiger partial charge on any atom is -0.351 e. The molecule has 5 rings (SSSR count). The fourth-order valence-corrected chi connectivity index (χ4v) is 5.52. The van der Waals surface area contributed by atoms with Crippen molar-refractivity contribution in [2.45, 2.75) is 94.8 Å². The van der Waals surface area contributed by atoms with Gasteiger partial charge in [-0.2, -0.15) is 5.10 Å². The van der Waals surface area contributed by atoms with Crippen LogP contribution in [0.3, 0.4) is 0 Å². The van der Waals surface area contributed by atoms with Gasteiger partial charge in [-0.15, -0.1) is 0 Å². The number of hydrogen-bond donors (Lipinski definition) is 3. The standard InChI is InChI=1S/C24H36ClN7/c1-32-22(12-15-2-3-15)20(13-28-32)23-21(25)14-27-24(31-23)30-19-10-8-18(9-11-19)29-17-6-4-16(26)5-7-17/h13-19,29H,2-12,26H2,1H3,(H,27,30,31)/t16-,17-,18-,19-. The Balaban J connectivity index is 1.19. The number of aromatic nitrogens is 4. The predicted octanol–water partition coefficient (Wildman–Crippen LogP) is 4.07. The maximum Gasteiger partial charge on any atom is 0.223 e. The highest BCUT2D eigenvalue weighted by Gasteiger charge is 2.28. The van der Waals surface area contributed by atoms with Gasteiger partial charge in [0.25, 0.3) is 0 Å². The van der Waals surface area contributed by atoms with Crippen molar-refractivity contribution in [3.05, 3.63) is 23.1 Å². The van der Waals surface area contributed by atoms with E-state index in [1.54, 1.807) is 6.20 Å². The van der Waals surface area contributed by atoms with Crippen molar-refractivity contribution in [3.8, 4) is 11.3 Å². The zero-order valence-electron chi connectivity index (χ0n) is 19.1. The summed E-state index contributed by atoms with van der Waals surface area (Å²) < 4.78 is 1.97. The molecular weight excluding hydrogens is 422 g/mol. The van der Waals surface area contributed by atoms with E-state index in [0.29, 0.717) is 35.1 Å². The molecule has 2 heterocycles. The van der Waals surface area contributed by atoms with Crippen LogP contribution in [0.15, 0.2) is 12.4 Å². The Labute approximate surface area is 195 Å². The lowest BCUT2D eigenvalue weighted by atomic mass is 9.87. The van der Waals surface area contributed by atoms with Gasteiger partial charge >= 0.3 is 0 Å². The number of halogens is 1. The molecule has 0 aliphatic heterocycles. The highest BCUT2D eigenvalue weighted by Crippen LogP contribution is 2.37. The van der Waals surface area contributed by atoms with Crippen LogP contribution in [-0.4, -0.2) is 43.9 Å². The third-order valence-corrected chi connectivity index (χ3v) is 7.82. The summed E-state index contributed by atoms with van der Waals surface area (Å²) in [6.07, 6.45) is 16.7. The first-order valence-electron chi connectivity index (χ1n) is 12.4. The molecule has 2 aromatic rings. The molecule has 0 radical (unpaired) electrons. The largest absolute Gasteiger partial charge is 0.351 e. The highest BCUT2D eigenvalue weighted by atomic mass is 35.5. The Morgan fingerprint density at radius 1 is 0.969 bits per heavy atom. The first kappa shape index (κ1) is 22.1. The molecule has 0 amide bonds. The molecule has 2 aromatic heterocycles. The second kappa shape index (κ2) is 9.65. The van der Waals surface area contributed by atoms with Gasteiger partial charge in [-0.1, -0.05) is 11.6 Å². The van der Waals surface area contributed by atoms with Crippen LogP contribution in [-0.2, 0) is 13.5 Å². The summed E-state index contributed by atoms with van der Waals surface area (Å²) in [5.41, 5.74) is 9.10. The number of hydrogen-bond acceptors (Lipinski definition) is 6. The van der Waals surface area contributed by atoms with Gasteiger partial charge in [-0.05, 0) is 76.5 Å². The molecule has 4 N–H and O–H groups in total. The Bertz CT molecular complexity index is 909. The molecule has 0 bridgehead atoms. The molecule has 3 fully saturated rings. The monoisotopic (exact) mass is 457 g/mol. The number of aryl methyl sites for hydroxylation is 1. The van der Waals surface area contributed by atoms with E-state index >= 15 is 0 Å². The zero-order valence-corrected chi connectivity index (χ0v) is 19.8. The van der Waals surface area contributed by atoms with E-state index in [2.05, 4.69) is 20.7 Å². The molecular formula is C24H36ClN7. The van der Waals surface area contributed by atoms with E-state index in [9.17, 15) is 0 Å². The quantitative estimate of drug-likeness (QED) is 0.580. The molecule has 0 spiro atoms. The first-order chi connectivity index (χ1) is 15.5. The summed E-state index contributed by atoms with van der Waals surface area (Å²) in [6, 6.07) is 2.08. The fourth-order valence-electron chi connectivity index (χ4n) is 5.33. The average molecular weight is 458 g/mol. The van der Waals surface area contributed by atoms with Crippen LogP contribution in [0.2, 0.25) is 5.02 Å². The van der Waals surface area contributed by atoms with Crippen LogP contribution < -0.4 is 16.4 Å². The van der Waals surface area contributed by atoms with Crippen LogP contribution in [0.4, 0.5) is 5.95 Å². The SMILES string of the molecule is Cn1ncc(-c2nc(N[C@H]3CC[C@H](N[C@H]4CC[C@H](N)CC4)CC3)ncc2Cl)c1CC1CC1. The van der Waals surface area contributed by atoms with E-state index in [1.165, 1.54) is 44.2 Å². The Morgan fingerprint density at radius 3 is 2.31 bits per heavy atom. The molecule has 32 heavy (non-hydrogen) atoms. The molecule has 0 aromatic carbocycles. The molecule has 8 heteroatoms. The average Bonchev–Trinajstić information content (AvgIpc) is 3.55. The van der Waals surface area contributed by atoms with Crippen LogP contribution >= 0.6 is 11.6 Å². The van der Waals surface area contributed by atoms with E-state index < -0.39 is 0 Å². The van der Waals surface area contributed by atoms with Crippen LogP contribution in [0.25, 0.3) is 11.3 Å². The molecule has 3 aliphatic rings. The summed E-state index contributed by atoms with van der Waals surface area (Å²) in [5.74, 6) is 1.44. The highest BCUT2D eigenvalue weighted by molar-refractivity contribution is 6.32. The Morgan fingerprint density at radius 2 is 1.62 bits per heavy atom. The minimum absolute atomic E-state index is 0.404. The third-order valence-electron chi connectivity index (χ3n) is 7.54. The molecule has 0 unspecified atom stereocenters. The summed E-state index contributed by atoms with van der Waals surface area (Å²) in [4.78, 5) is 9.30. The maximum atomic E-state index is 6.52. The fraction of sp³-hybridized carbons (Fsp3) is 0.708. The van der Waals surface area contributed by atoms with Crippen LogP contribution in [0, 0.1) is 5.92 Å². The van der Waals surface area contributed by atoms with Crippen molar-refractivity contribution >= 4 is 17.5 Å². The van der Waals surface area contributed by atoms with Gasteiger partial charge in [-0.3, -0.25) is 4.68 Å². The minimum atomic E-state index is 0.404. The van der Waals surface area contributed by atoms with E-state index in [1.807, 2.05) is 17.9 Å². The van der Waals surface area contributed by atoms with Crippen molar-refractivity contribution in [2.24, 2.45) is 18.7 Å². The predicted molar refractivity (Wildman–Crippen MR) is 129 cm³/mol.